The number of piperazine rings is 1. The number of benzene rings is 1. The highest BCUT2D eigenvalue weighted by Gasteiger charge is 2.27. The van der Waals surface area contributed by atoms with Gasteiger partial charge in [-0.15, -0.1) is 0 Å². The van der Waals surface area contributed by atoms with Gasteiger partial charge in [-0.2, -0.15) is 0 Å². The molecule has 4 N–H and O–H groups in total. The smallest absolute Gasteiger partial charge is 0.251 e. The zero-order valence-corrected chi connectivity index (χ0v) is 26.0. The zero-order valence-electron chi connectivity index (χ0n) is 26.0. The number of aliphatic hydroxyl groups is 1. The van der Waals surface area contributed by atoms with Gasteiger partial charge in [0.1, 0.15) is 24.0 Å². The second-order valence-corrected chi connectivity index (χ2v) is 12.5. The van der Waals surface area contributed by atoms with Crippen molar-refractivity contribution in [1.29, 1.82) is 0 Å². The topological polar surface area (TPSA) is 128 Å². The fourth-order valence-electron chi connectivity index (χ4n) is 6.05. The third kappa shape index (κ3) is 7.17. The fraction of sp³-hybridized carbons (Fsp3) is 0.545. The summed E-state index contributed by atoms with van der Waals surface area (Å²) >= 11 is 0. The van der Waals surface area contributed by atoms with Gasteiger partial charge in [0.25, 0.3) is 5.91 Å². The van der Waals surface area contributed by atoms with Crippen molar-refractivity contribution in [2.45, 2.75) is 83.8 Å². The lowest BCUT2D eigenvalue weighted by atomic mass is 9.92. The highest BCUT2D eigenvalue weighted by atomic mass is 16.5. The molecule has 4 heterocycles. The number of carbonyl (C=O) groups is 1. The van der Waals surface area contributed by atoms with Crippen molar-refractivity contribution >= 4 is 17.5 Å². The molecule has 0 spiro atoms. The third-order valence-electron chi connectivity index (χ3n) is 9.22. The summed E-state index contributed by atoms with van der Waals surface area (Å²) in [5.41, 5.74) is 3.67. The Morgan fingerprint density at radius 1 is 1.16 bits per heavy atom. The predicted octanol–water partition coefficient (Wildman–Crippen LogP) is 3.26. The maximum Gasteiger partial charge on any atom is 0.251 e. The molecule has 2 aliphatic heterocycles. The molecule has 11 heteroatoms. The van der Waals surface area contributed by atoms with Crippen molar-refractivity contribution < 1.29 is 19.1 Å². The monoisotopic (exact) mass is 603 g/mol. The average Bonchev–Trinajstić information content (AvgIpc) is 3.44. The van der Waals surface area contributed by atoms with Gasteiger partial charge in [0, 0.05) is 63.0 Å². The summed E-state index contributed by atoms with van der Waals surface area (Å²) in [4.78, 5) is 27.1. The number of amides is 1. The molecule has 1 saturated heterocycles. The molecule has 11 nitrogen and oxygen atoms in total. The van der Waals surface area contributed by atoms with E-state index in [4.69, 9.17) is 14.1 Å². The predicted molar refractivity (Wildman–Crippen MR) is 169 cm³/mol. The van der Waals surface area contributed by atoms with Crippen LogP contribution in [0, 0.1) is 6.92 Å². The van der Waals surface area contributed by atoms with E-state index in [1.165, 1.54) is 12.8 Å². The number of nitrogens with zero attached hydrogens (tertiary/aromatic N) is 4. The van der Waals surface area contributed by atoms with Crippen molar-refractivity contribution in [1.82, 2.24) is 25.5 Å². The van der Waals surface area contributed by atoms with Gasteiger partial charge in [-0.05, 0) is 81.8 Å². The highest BCUT2D eigenvalue weighted by Crippen LogP contribution is 2.27. The van der Waals surface area contributed by atoms with Crippen LogP contribution in [0.15, 0.2) is 41.1 Å². The molecule has 1 amide bonds. The number of aryl methyl sites for hydroxylation is 1. The molecule has 44 heavy (non-hydrogen) atoms. The second-order valence-electron chi connectivity index (χ2n) is 12.5. The number of nitrogens with one attached hydrogen (secondary N) is 3. The van der Waals surface area contributed by atoms with Gasteiger partial charge in [0.05, 0.1) is 11.8 Å². The van der Waals surface area contributed by atoms with E-state index in [-0.39, 0.29) is 18.5 Å². The zero-order chi connectivity index (χ0) is 30.6. The Labute approximate surface area is 259 Å². The number of aliphatic hydroxyl groups excluding tert-OH is 1. The highest BCUT2D eigenvalue weighted by molar-refractivity contribution is 5.95. The summed E-state index contributed by atoms with van der Waals surface area (Å²) in [6.45, 7) is 11.1. The Morgan fingerprint density at radius 2 is 1.98 bits per heavy atom. The van der Waals surface area contributed by atoms with Crippen LogP contribution in [0.1, 0.15) is 66.0 Å². The van der Waals surface area contributed by atoms with Gasteiger partial charge in [0.2, 0.25) is 0 Å². The van der Waals surface area contributed by atoms with Crippen LogP contribution in [0.2, 0.25) is 0 Å². The number of ether oxygens (including phenoxy) is 1. The molecule has 2 atom stereocenters. The van der Waals surface area contributed by atoms with E-state index in [9.17, 15) is 9.90 Å². The van der Waals surface area contributed by atoms with Gasteiger partial charge in [0.15, 0.2) is 12.2 Å². The standard InChI is InChI=1S/C33H45N7O4/c1-21(2)39-9-11-40(12-10-39)32-16-24(15-31(38-32)37-26-5-4-6-26)33(42)35-18-29(41)28-14-23-7-8-27(13-25(23)17-34-28)43-19-30-22(3)36-20-44-30/h7-8,13,15-16,20-21,26,28-29,34,41H,4-6,9-12,14,17-19H2,1-3H3,(H,35,42)(H,37,38)/t28-,29?/m0/s1. The molecule has 3 aromatic rings. The van der Waals surface area contributed by atoms with Gasteiger partial charge in [-0.25, -0.2) is 9.97 Å². The molecule has 1 unspecified atom stereocenters. The SMILES string of the molecule is Cc1ncoc1COc1ccc2c(c1)CN[C@H](C(O)CNC(=O)c1cc(NC3CCC3)nc(N3CCN(C(C)C)CC3)c1)C2. The average molecular weight is 604 g/mol. The van der Waals surface area contributed by atoms with Gasteiger partial charge in [-0.3, -0.25) is 9.69 Å². The number of rotatable bonds is 11. The number of hydrogen-bond acceptors (Lipinski definition) is 10. The minimum absolute atomic E-state index is 0.152. The lowest BCUT2D eigenvalue weighted by molar-refractivity contribution is 0.0870. The lowest BCUT2D eigenvalue weighted by Crippen LogP contribution is -2.49. The van der Waals surface area contributed by atoms with E-state index in [0.717, 1.165) is 73.2 Å². The Bertz CT molecular complexity index is 1430. The van der Waals surface area contributed by atoms with E-state index >= 15 is 0 Å². The molecular weight excluding hydrogens is 558 g/mol. The first-order valence-corrected chi connectivity index (χ1v) is 15.9. The molecule has 1 saturated carbocycles. The van der Waals surface area contributed by atoms with Crippen molar-refractivity contribution in [3.8, 4) is 5.75 Å². The summed E-state index contributed by atoms with van der Waals surface area (Å²) in [5.74, 6) is 2.84. The number of pyridine rings is 1. The lowest BCUT2D eigenvalue weighted by Gasteiger charge is -2.38. The maximum absolute atomic E-state index is 13.4. The van der Waals surface area contributed by atoms with Crippen LogP contribution in [-0.4, -0.2) is 82.8 Å². The van der Waals surface area contributed by atoms with E-state index < -0.39 is 6.10 Å². The number of anilines is 2. The van der Waals surface area contributed by atoms with Crippen LogP contribution in [0.5, 0.6) is 5.75 Å². The summed E-state index contributed by atoms with van der Waals surface area (Å²) in [6.07, 6.45) is 4.81. The number of fused-ring (bicyclic) bond motifs is 1. The van der Waals surface area contributed by atoms with Crippen LogP contribution in [0.25, 0.3) is 0 Å². The number of carbonyl (C=O) groups excluding carboxylic acids is 1. The number of hydrogen-bond donors (Lipinski definition) is 4. The van der Waals surface area contributed by atoms with E-state index in [1.54, 1.807) is 0 Å². The summed E-state index contributed by atoms with van der Waals surface area (Å²) in [6, 6.07) is 10.5. The Morgan fingerprint density at radius 3 is 2.68 bits per heavy atom. The van der Waals surface area contributed by atoms with Gasteiger partial charge in [-0.1, -0.05) is 6.07 Å². The molecule has 1 aliphatic carbocycles. The molecule has 2 aromatic heterocycles. The van der Waals surface area contributed by atoms with Gasteiger partial charge >= 0.3 is 0 Å². The molecule has 0 radical (unpaired) electrons. The minimum atomic E-state index is -0.740. The Balaban J connectivity index is 1.05. The fourth-order valence-corrected chi connectivity index (χ4v) is 6.05. The second kappa shape index (κ2) is 13.5. The quantitative estimate of drug-likeness (QED) is 0.259. The van der Waals surface area contributed by atoms with Crippen LogP contribution in [0.4, 0.5) is 11.6 Å². The van der Waals surface area contributed by atoms with Crippen LogP contribution >= 0.6 is 0 Å². The normalized spacial score (nSPS) is 19.8. The molecule has 6 rings (SSSR count). The van der Waals surface area contributed by atoms with Crippen LogP contribution < -0.4 is 25.6 Å². The molecule has 1 aromatic carbocycles. The first kappa shape index (κ1) is 30.4. The first-order chi connectivity index (χ1) is 21.3. The van der Waals surface area contributed by atoms with E-state index in [2.05, 4.69) is 44.6 Å². The van der Waals surface area contributed by atoms with Gasteiger partial charge < -0.3 is 35.1 Å². The van der Waals surface area contributed by atoms with Crippen molar-refractivity contribution in [3.05, 3.63) is 64.9 Å². The molecule has 0 bridgehead atoms. The van der Waals surface area contributed by atoms with Crippen LogP contribution in [0.3, 0.4) is 0 Å². The van der Waals surface area contributed by atoms with E-state index in [0.29, 0.717) is 43.0 Å². The van der Waals surface area contributed by atoms with Crippen molar-refractivity contribution in [2.75, 3.05) is 42.9 Å². The van der Waals surface area contributed by atoms with Crippen molar-refractivity contribution in [2.24, 2.45) is 0 Å². The Kier molecular flexibility index (Phi) is 9.34. The largest absolute Gasteiger partial charge is 0.486 e. The van der Waals surface area contributed by atoms with Crippen molar-refractivity contribution in [3.63, 3.8) is 0 Å². The third-order valence-corrected chi connectivity index (χ3v) is 9.22. The summed E-state index contributed by atoms with van der Waals surface area (Å²) < 4.78 is 11.3. The minimum Gasteiger partial charge on any atom is -0.486 e. The molecule has 3 aliphatic rings. The number of aromatic nitrogens is 2. The van der Waals surface area contributed by atoms with Crippen LogP contribution in [-0.2, 0) is 19.6 Å². The Hall–Kier alpha value is -3.67. The first-order valence-electron chi connectivity index (χ1n) is 15.9. The summed E-state index contributed by atoms with van der Waals surface area (Å²) in [7, 11) is 0. The molecular formula is C33H45N7O4. The molecule has 236 valence electrons. The number of oxazole rings is 1. The summed E-state index contributed by atoms with van der Waals surface area (Å²) in [5, 5.41) is 21.0. The maximum atomic E-state index is 13.4. The molecule has 2 fully saturated rings. The van der Waals surface area contributed by atoms with E-state index in [1.807, 2.05) is 37.3 Å².